The van der Waals surface area contributed by atoms with Crippen LogP contribution in [0.4, 0.5) is 0 Å². The van der Waals surface area contributed by atoms with Gasteiger partial charge in [-0.05, 0) is 36.9 Å². The zero-order valence-corrected chi connectivity index (χ0v) is 12.4. The Labute approximate surface area is 109 Å². The van der Waals surface area contributed by atoms with Gasteiger partial charge in [0.15, 0.2) is 4.77 Å². The minimum Gasteiger partial charge on any atom is -0.337 e. The van der Waals surface area contributed by atoms with Crippen LogP contribution in [0.5, 0.6) is 0 Å². The molecular weight excluding hydrogens is 228 g/mol. The van der Waals surface area contributed by atoms with Gasteiger partial charge in [0, 0.05) is 23.3 Å². The second-order valence-electron chi connectivity index (χ2n) is 6.58. The summed E-state index contributed by atoms with van der Waals surface area (Å²) in [6.45, 7) is 11.5. The predicted octanol–water partition coefficient (Wildman–Crippen LogP) is 4.45. The largest absolute Gasteiger partial charge is 0.337 e. The van der Waals surface area contributed by atoms with Gasteiger partial charge in [-0.2, -0.15) is 0 Å². The first-order valence-electron chi connectivity index (χ1n) is 6.62. The molecule has 0 amide bonds. The highest BCUT2D eigenvalue weighted by Gasteiger charge is 2.34. The summed E-state index contributed by atoms with van der Waals surface area (Å²) >= 11 is 5.48. The molecule has 3 unspecified atom stereocenters. The first-order chi connectivity index (χ1) is 7.82. The average molecular weight is 252 g/mol. The maximum Gasteiger partial charge on any atom is 0.177 e. The molecule has 1 N–H and O–H groups in total. The van der Waals surface area contributed by atoms with Crippen LogP contribution < -0.4 is 0 Å². The molecule has 3 heteroatoms. The summed E-state index contributed by atoms with van der Waals surface area (Å²) in [5.41, 5.74) is 1.49. The fraction of sp³-hybridized carbons (Fsp3) is 0.786. The number of rotatable bonds is 1. The molecule has 0 bridgehead atoms. The van der Waals surface area contributed by atoms with Crippen molar-refractivity contribution in [3.8, 4) is 0 Å². The summed E-state index contributed by atoms with van der Waals surface area (Å²) in [6, 6.07) is 0.581. The molecule has 0 spiro atoms. The summed E-state index contributed by atoms with van der Waals surface area (Å²) in [5.74, 6) is 1.53. The van der Waals surface area contributed by atoms with E-state index in [0.29, 0.717) is 6.04 Å². The smallest absolute Gasteiger partial charge is 0.177 e. The molecule has 1 aliphatic rings. The van der Waals surface area contributed by atoms with Crippen molar-refractivity contribution < 1.29 is 0 Å². The van der Waals surface area contributed by atoms with E-state index in [4.69, 9.17) is 12.2 Å². The monoisotopic (exact) mass is 252 g/mol. The van der Waals surface area contributed by atoms with Crippen molar-refractivity contribution in [3.63, 3.8) is 0 Å². The molecular formula is C14H24N2S. The van der Waals surface area contributed by atoms with E-state index in [1.807, 2.05) is 0 Å². The molecule has 2 rings (SSSR count). The number of hydrogen-bond acceptors (Lipinski definition) is 1. The third-order valence-electron chi connectivity index (χ3n) is 4.33. The second-order valence-corrected chi connectivity index (χ2v) is 6.97. The number of nitrogens with one attached hydrogen (secondary N) is 1. The van der Waals surface area contributed by atoms with E-state index in [0.717, 1.165) is 16.6 Å². The van der Waals surface area contributed by atoms with Crippen LogP contribution in [-0.4, -0.2) is 9.55 Å². The molecule has 1 aromatic rings. The Hall–Kier alpha value is -0.570. The lowest BCUT2D eigenvalue weighted by molar-refractivity contribution is 0.333. The van der Waals surface area contributed by atoms with E-state index in [1.165, 1.54) is 18.5 Å². The molecule has 2 nitrogen and oxygen atoms in total. The Kier molecular flexibility index (Phi) is 3.23. The van der Waals surface area contributed by atoms with Crippen LogP contribution in [0.15, 0.2) is 6.20 Å². The first-order valence-corrected chi connectivity index (χ1v) is 7.03. The Morgan fingerprint density at radius 1 is 1.29 bits per heavy atom. The summed E-state index contributed by atoms with van der Waals surface area (Å²) in [6.07, 6.45) is 4.68. The third kappa shape index (κ3) is 2.22. The van der Waals surface area contributed by atoms with Crippen molar-refractivity contribution in [1.82, 2.24) is 9.55 Å². The molecule has 0 aromatic carbocycles. The highest BCUT2D eigenvalue weighted by atomic mass is 32.1. The van der Waals surface area contributed by atoms with Gasteiger partial charge in [0.05, 0.1) is 0 Å². The standard InChI is InChI=1S/C14H24N2S/c1-9-6-7-11(10(9)2)16-12(14(3,4)5)8-15-13(16)17/h8-11H,6-7H2,1-5H3,(H,15,17). The lowest BCUT2D eigenvalue weighted by Gasteiger charge is -2.27. The zero-order chi connectivity index (χ0) is 12.8. The lowest BCUT2D eigenvalue weighted by atomic mass is 9.91. The molecule has 96 valence electrons. The highest BCUT2D eigenvalue weighted by molar-refractivity contribution is 7.71. The van der Waals surface area contributed by atoms with Crippen molar-refractivity contribution in [2.75, 3.05) is 0 Å². The van der Waals surface area contributed by atoms with Gasteiger partial charge < -0.3 is 9.55 Å². The van der Waals surface area contributed by atoms with Gasteiger partial charge in [0.2, 0.25) is 0 Å². The predicted molar refractivity (Wildman–Crippen MR) is 74.9 cm³/mol. The molecule has 0 saturated heterocycles. The van der Waals surface area contributed by atoms with E-state index in [-0.39, 0.29) is 5.41 Å². The van der Waals surface area contributed by atoms with Crippen LogP contribution in [0.2, 0.25) is 0 Å². The van der Waals surface area contributed by atoms with E-state index >= 15 is 0 Å². The van der Waals surface area contributed by atoms with E-state index in [9.17, 15) is 0 Å². The Bertz CT molecular complexity index is 450. The van der Waals surface area contributed by atoms with Crippen LogP contribution >= 0.6 is 12.2 Å². The molecule has 1 saturated carbocycles. The number of aromatic nitrogens is 2. The lowest BCUT2D eigenvalue weighted by Crippen LogP contribution is -2.23. The second kappa shape index (κ2) is 4.27. The normalized spacial score (nSPS) is 29.8. The third-order valence-corrected chi connectivity index (χ3v) is 4.65. The summed E-state index contributed by atoms with van der Waals surface area (Å²) < 4.78 is 3.27. The molecule has 17 heavy (non-hydrogen) atoms. The zero-order valence-electron chi connectivity index (χ0n) is 11.6. The van der Waals surface area contributed by atoms with Crippen molar-refractivity contribution in [2.45, 2.75) is 58.9 Å². The molecule has 0 radical (unpaired) electrons. The number of H-pyrrole nitrogens is 1. The Balaban J connectivity index is 2.46. The summed E-state index contributed by atoms with van der Waals surface area (Å²) in [5, 5.41) is 0. The molecule has 1 heterocycles. The molecule has 1 aromatic heterocycles. The quantitative estimate of drug-likeness (QED) is 0.732. The molecule has 3 atom stereocenters. The number of hydrogen-bond donors (Lipinski definition) is 1. The van der Waals surface area contributed by atoms with Gasteiger partial charge in [-0.3, -0.25) is 0 Å². The SMILES string of the molecule is CC1CCC(n2c(C(C)(C)C)c[nH]c2=S)C1C. The van der Waals surface area contributed by atoms with E-state index in [2.05, 4.69) is 50.4 Å². The van der Waals surface area contributed by atoms with Gasteiger partial charge in [0.25, 0.3) is 0 Å². The van der Waals surface area contributed by atoms with E-state index in [1.54, 1.807) is 0 Å². The Morgan fingerprint density at radius 2 is 1.94 bits per heavy atom. The maximum absolute atomic E-state index is 5.48. The Morgan fingerprint density at radius 3 is 2.41 bits per heavy atom. The highest BCUT2D eigenvalue weighted by Crippen LogP contribution is 2.41. The topological polar surface area (TPSA) is 20.7 Å². The number of nitrogens with zero attached hydrogens (tertiary/aromatic N) is 1. The van der Waals surface area contributed by atoms with Gasteiger partial charge >= 0.3 is 0 Å². The van der Waals surface area contributed by atoms with Gasteiger partial charge in [-0.15, -0.1) is 0 Å². The minimum atomic E-state index is 0.152. The molecule has 1 aliphatic carbocycles. The minimum absolute atomic E-state index is 0.152. The van der Waals surface area contributed by atoms with Crippen molar-refractivity contribution in [1.29, 1.82) is 0 Å². The van der Waals surface area contributed by atoms with Crippen LogP contribution in [0.1, 0.15) is 59.2 Å². The van der Waals surface area contributed by atoms with Crippen molar-refractivity contribution in [2.24, 2.45) is 11.8 Å². The van der Waals surface area contributed by atoms with Crippen molar-refractivity contribution >= 4 is 12.2 Å². The van der Waals surface area contributed by atoms with E-state index < -0.39 is 0 Å². The fourth-order valence-electron chi connectivity index (χ4n) is 2.99. The van der Waals surface area contributed by atoms with Gasteiger partial charge in [0.1, 0.15) is 0 Å². The summed E-state index contributed by atoms with van der Waals surface area (Å²) in [7, 11) is 0. The number of aromatic amines is 1. The summed E-state index contributed by atoms with van der Waals surface area (Å²) in [4.78, 5) is 3.23. The van der Waals surface area contributed by atoms with Crippen LogP contribution in [0.3, 0.4) is 0 Å². The van der Waals surface area contributed by atoms with Crippen LogP contribution in [0.25, 0.3) is 0 Å². The maximum atomic E-state index is 5.48. The molecule has 0 aliphatic heterocycles. The van der Waals surface area contributed by atoms with Gasteiger partial charge in [-0.25, -0.2) is 0 Å². The fourth-order valence-corrected chi connectivity index (χ4v) is 3.28. The number of imidazole rings is 1. The van der Waals surface area contributed by atoms with Crippen LogP contribution in [0, 0.1) is 16.6 Å². The van der Waals surface area contributed by atoms with Crippen LogP contribution in [-0.2, 0) is 5.41 Å². The van der Waals surface area contributed by atoms with Gasteiger partial charge in [-0.1, -0.05) is 34.6 Å². The van der Waals surface area contributed by atoms with Crippen molar-refractivity contribution in [3.05, 3.63) is 16.7 Å². The average Bonchev–Trinajstić information content (AvgIpc) is 2.72. The molecule has 1 fully saturated rings. The first kappa shape index (κ1) is 12.9.